The second-order valence-corrected chi connectivity index (χ2v) is 2.97. The summed E-state index contributed by atoms with van der Waals surface area (Å²) in [4.78, 5) is 0. The van der Waals surface area contributed by atoms with Crippen molar-refractivity contribution in [1.82, 2.24) is 0 Å². The summed E-state index contributed by atoms with van der Waals surface area (Å²) in [6.07, 6.45) is 10.1. The van der Waals surface area contributed by atoms with Gasteiger partial charge in [-0.2, -0.15) is 0 Å². The summed E-state index contributed by atoms with van der Waals surface area (Å²) in [7, 11) is 0. The Balaban J connectivity index is 2.40. The van der Waals surface area contributed by atoms with E-state index in [9.17, 15) is 10.2 Å². The van der Waals surface area contributed by atoms with Crippen molar-refractivity contribution in [3.8, 4) is 0 Å². The molecule has 0 saturated heterocycles. The van der Waals surface area contributed by atoms with Crippen LogP contribution < -0.4 is 0 Å². The van der Waals surface area contributed by atoms with Crippen molar-refractivity contribution in [2.45, 2.75) is 6.10 Å². The zero-order chi connectivity index (χ0) is 8.55. The summed E-state index contributed by atoms with van der Waals surface area (Å²) in [6.45, 7) is 0. The highest BCUT2D eigenvalue weighted by Gasteiger charge is 2.26. The molecule has 0 aliphatic heterocycles. The monoisotopic (exact) mass is 162 g/mol. The van der Waals surface area contributed by atoms with Crippen molar-refractivity contribution in [3.63, 3.8) is 0 Å². The lowest BCUT2D eigenvalue weighted by molar-refractivity contribution is 0.158. The average molecular weight is 162 g/mol. The van der Waals surface area contributed by atoms with Crippen LogP contribution in [0.15, 0.2) is 47.8 Å². The number of rotatable bonds is 0. The number of aliphatic hydroxyl groups excluding tert-OH is 2. The van der Waals surface area contributed by atoms with Crippen LogP contribution in [0.5, 0.6) is 0 Å². The van der Waals surface area contributed by atoms with E-state index in [4.69, 9.17) is 0 Å². The predicted molar refractivity (Wildman–Crippen MR) is 46.6 cm³/mol. The molecule has 0 saturated carbocycles. The van der Waals surface area contributed by atoms with Crippen LogP contribution in [-0.4, -0.2) is 16.3 Å². The first-order chi connectivity index (χ1) is 5.79. The quantitative estimate of drug-likeness (QED) is 0.566. The largest absolute Gasteiger partial charge is 0.512 e. The second kappa shape index (κ2) is 2.64. The van der Waals surface area contributed by atoms with Crippen molar-refractivity contribution < 1.29 is 10.2 Å². The van der Waals surface area contributed by atoms with Gasteiger partial charge >= 0.3 is 0 Å². The molecule has 2 N–H and O–H groups in total. The average Bonchev–Trinajstić information content (AvgIpc) is 2.04. The van der Waals surface area contributed by atoms with Gasteiger partial charge in [0.25, 0.3) is 0 Å². The molecule has 0 aromatic carbocycles. The molecule has 0 aromatic heterocycles. The van der Waals surface area contributed by atoms with Crippen LogP contribution in [0.4, 0.5) is 0 Å². The fourth-order valence-electron chi connectivity index (χ4n) is 1.56. The lowest BCUT2D eigenvalue weighted by atomic mass is 9.85. The van der Waals surface area contributed by atoms with E-state index in [1.807, 2.05) is 12.2 Å². The molecule has 0 bridgehead atoms. The summed E-state index contributed by atoms with van der Waals surface area (Å²) in [5.41, 5.74) is 0.963. The molecule has 0 amide bonds. The molecule has 0 spiro atoms. The van der Waals surface area contributed by atoms with E-state index in [2.05, 4.69) is 0 Å². The maximum absolute atomic E-state index is 9.51. The van der Waals surface area contributed by atoms with Crippen molar-refractivity contribution in [3.05, 3.63) is 47.8 Å². The van der Waals surface area contributed by atoms with Gasteiger partial charge < -0.3 is 10.2 Å². The van der Waals surface area contributed by atoms with E-state index in [0.717, 1.165) is 5.57 Å². The Morgan fingerprint density at radius 2 is 2.00 bits per heavy atom. The summed E-state index contributed by atoms with van der Waals surface area (Å²) < 4.78 is 0. The fraction of sp³-hybridized carbons (Fsp3) is 0.200. The van der Waals surface area contributed by atoms with Crippen molar-refractivity contribution in [1.29, 1.82) is 0 Å². The molecular weight excluding hydrogens is 152 g/mol. The third-order valence-corrected chi connectivity index (χ3v) is 2.17. The molecule has 2 aliphatic rings. The third kappa shape index (κ3) is 1.01. The Morgan fingerprint density at radius 1 is 1.17 bits per heavy atom. The van der Waals surface area contributed by atoms with E-state index in [0.29, 0.717) is 0 Å². The van der Waals surface area contributed by atoms with Crippen LogP contribution in [0.2, 0.25) is 0 Å². The van der Waals surface area contributed by atoms with E-state index in [1.165, 1.54) is 0 Å². The Hall–Kier alpha value is -1.28. The van der Waals surface area contributed by atoms with Gasteiger partial charge in [0, 0.05) is 0 Å². The maximum atomic E-state index is 9.51. The molecular formula is C10H10O2. The van der Waals surface area contributed by atoms with Crippen LogP contribution in [0.3, 0.4) is 0 Å². The summed E-state index contributed by atoms with van der Waals surface area (Å²) in [5.74, 6) is -0.0133. The molecule has 0 heterocycles. The van der Waals surface area contributed by atoms with E-state index >= 15 is 0 Å². The van der Waals surface area contributed by atoms with Crippen LogP contribution in [0, 0.1) is 5.92 Å². The summed E-state index contributed by atoms with van der Waals surface area (Å²) in [6, 6.07) is 0. The van der Waals surface area contributed by atoms with Gasteiger partial charge in [0.2, 0.25) is 0 Å². The van der Waals surface area contributed by atoms with Gasteiger partial charge in [0.05, 0.1) is 12.0 Å². The Kier molecular flexibility index (Phi) is 1.62. The highest BCUT2D eigenvalue weighted by Crippen LogP contribution is 2.30. The smallest absolute Gasteiger partial charge is 0.103 e. The summed E-state index contributed by atoms with van der Waals surface area (Å²) in [5, 5.41) is 19.0. The third-order valence-electron chi connectivity index (χ3n) is 2.17. The molecule has 2 rings (SSSR count). The lowest BCUT2D eigenvalue weighted by Gasteiger charge is -2.25. The van der Waals surface area contributed by atoms with Gasteiger partial charge in [-0.1, -0.05) is 30.4 Å². The highest BCUT2D eigenvalue weighted by atomic mass is 16.3. The molecule has 0 fully saturated rings. The maximum Gasteiger partial charge on any atom is 0.103 e. The first kappa shape index (κ1) is 7.37. The molecule has 2 unspecified atom stereocenters. The zero-order valence-corrected chi connectivity index (χ0v) is 6.51. The minimum atomic E-state index is -0.591. The van der Waals surface area contributed by atoms with Gasteiger partial charge in [-0.05, 0) is 11.6 Å². The van der Waals surface area contributed by atoms with E-state index in [1.54, 1.807) is 24.3 Å². The minimum Gasteiger partial charge on any atom is -0.512 e. The standard InChI is InChI=1S/C10H10O2/c11-8-5-1-3-7-4-2-6-9(12)10(7)8/h1-6,8,10-12H. The normalized spacial score (nSPS) is 32.4. The zero-order valence-electron chi connectivity index (χ0n) is 6.51. The SMILES string of the molecule is OC1=CC=CC2=CC=CC(O)C12. The van der Waals surface area contributed by atoms with Gasteiger partial charge in [0.1, 0.15) is 5.76 Å². The Bertz CT molecular complexity index is 308. The highest BCUT2D eigenvalue weighted by molar-refractivity contribution is 5.41. The van der Waals surface area contributed by atoms with Crippen LogP contribution in [0.1, 0.15) is 0 Å². The van der Waals surface area contributed by atoms with Gasteiger partial charge in [0.15, 0.2) is 0 Å². The van der Waals surface area contributed by atoms with Crippen molar-refractivity contribution >= 4 is 0 Å². The van der Waals surface area contributed by atoms with Crippen LogP contribution >= 0.6 is 0 Å². The van der Waals surface area contributed by atoms with E-state index < -0.39 is 6.10 Å². The van der Waals surface area contributed by atoms with Crippen molar-refractivity contribution in [2.24, 2.45) is 5.92 Å². The Labute approximate surface area is 70.8 Å². The molecule has 12 heavy (non-hydrogen) atoms. The second-order valence-electron chi connectivity index (χ2n) is 2.97. The minimum absolute atomic E-state index is 0.237. The molecule has 0 radical (unpaired) electrons. The molecule has 62 valence electrons. The first-order valence-corrected chi connectivity index (χ1v) is 3.93. The summed E-state index contributed by atoms with van der Waals surface area (Å²) >= 11 is 0. The molecule has 2 nitrogen and oxygen atoms in total. The van der Waals surface area contributed by atoms with Gasteiger partial charge in [-0.15, -0.1) is 0 Å². The molecule has 2 aliphatic carbocycles. The van der Waals surface area contributed by atoms with Gasteiger partial charge in [-0.25, -0.2) is 0 Å². The molecule has 0 aromatic rings. The van der Waals surface area contributed by atoms with Crippen LogP contribution in [-0.2, 0) is 0 Å². The number of allylic oxidation sites excluding steroid dienone is 5. The Morgan fingerprint density at radius 3 is 2.75 bits per heavy atom. The molecule has 2 heteroatoms. The predicted octanol–water partition coefficient (Wildman–Crippen LogP) is 1.47. The topological polar surface area (TPSA) is 40.5 Å². The van der Waals surface area contributed by atoms with Crippen molar-refractivity contribution in [2.75, 3.05) is 0 Å². The number of fused-ring (bicyclic) bond motifs is 1. The first-order valence-electron chi connectivity index (χ1n) is 3.93. The lowest BCUT2D eigenvalue weighted by Crippen LogP contribution is -2.24. The van der Waals surface area contributed by atoms with Crippen LogP contribution in [0.25, 0.3) is 0 Å². The number of hydrogen-bond acceptors (Lipinski definition) is 2. The molecule has 2 atom stereocenters. The van der Waals surface area contributed by atoms with E-state index in [-0.39, 0.29) is 11.7 Å². The number of aliphatic hydroxyl groups is 2. The number of hydrogen-bond donors (Lipinski definition) is 2. The fourth-order valence-corrected chi connectivity index (χ4v) is 1.56. The van der Waals surface area contributed by atoms with Gasteiger partial charge in [-0.3, -0.25) is 0 Å².